The van der Waals surface area contributed by atoms with Gasteiger partial charge in [-0.3, -0.25) is 9.59 Å². The quantitative estimate of drug-likeness (QED) is 0.708. The highest BCUT2D eigenvalue weighted by Gasteiger charge is 2.32. The SMILES string of the molecule is COC(=O)CN(C(=O)C(C)C(C)C)C1CCCC1. The van der Waals surface area contributed by atoms with E-state index in [-0.39, 0.29) is 30.4 Å². The number of nitrogens with zero attached hydrogens (tertiary/aromatic N) is 1. The molecule has 1 fully saturated rings. The Bertz CT molecular complexity index is 295. The van der Waals surface area contributed by atoms with Crippen LogP contribution in [0.1, 0.15) is 46.5 Å². The van der Waals surface area contributed by atoms with Gasteiger partial charge >= 0.3 is 5.97 Å². The van der Waals surface area contributed by atoms with Crippen LogP contribution in [-0.2, 0) is 14.3 Å². The Labute approximate surface area is 110 Å². The fraction of sp³-hybridized carbons (Fsp3) is 0.857. The van der Waals surface area contributed by atoms with Crippen LogP contribution < -0.4 is 0 Å². The van der Waals surface area contributed by atoms with Crippen LogP contribution in [0.3, 0.4) is 0 Å². The summed E-state index contributed by atoms with van der Waals surface area (Å²) >= 11 is 0. The first-order valence-electron chi connectivity index (χ1n) is 6.84. The maximum absolute atomic E-state index is 12.4. The zero-order chi connectivity index (χ0) is 13.7. The van der Waals surface area contributed by atoms with Crippen molar-refractivity contribution in [2.75, 3.05) is 13.7 Å². The molecule has 4 heteroatoms. The van der Waals surface area contributed by atoms with Gasteiger partial charge in [-0.15, -0.1) is 0 Å². The molecule has 0 aromatic carbocycles. The fourth-order valence-corrected chi connectivity index (χ4v) is 2.35. The summed E-state index contributed by atoms with van der Waals surface area (Å²) in [7, 11) is 1.37. The van der Waals surface area contributed by atoms with E-state index in [0.717, 1.165) is 25.7 Å². The summed E-state index contributed by atoms with van der Waals surface area (Å²) in [6, 6.07) is 0.220. The number of methoxy groups -OCH3 is 1. The molecular formula is C14H25NO3. The van der Waals surface area contributed by atoms with Crippen LogP contribution in [0.25, 0.3) is 0 Å². The third-order valence-corrected chi connectivity index (χ3v) is 3.97. The lowest BCUT2D eigenvalue weighted by Crippen LogP contribution is -2.46. The number of hydrogen-bond donors (Lipinski definition) is 0. The van der Waals surface area contributed by atoms with Gasteiger partial charge in [0.1, 0.15) is 6.54 Å². The van der Waals surface area contributed by atoms with Crippen molar-refractivity contribution in [2.24, 2.45) is 11.8 Å². The number of rotatable bonds is 5. The monoisotopic (exact) mass is 255 g/mol. The number of carbonyl (C=O) groups excluding carboxylic acids is 2. The molecule has 1 saturated carbocycles. The second kappa shape index (κ2) is 6.76. The Balaban J connectivity index is 2.75. The minimum atomic E-state index is -0.328. The van der Waals surface area contributed by atoms with Gasteiger partial charge < -0.3 is 9.64 Å². The second-order valence-corrected chi connectivity index (χ2v) is 5.51. The summed E-state index contributed by atoms with van der Waals surface area (Å²) in [4.78, 5) is 25.6. The van der Waals surface area contributed by atoms with Crippen molar-refractivity contribution < 1.29 is 14.3 Å². The van der Waals surface area contributed by atoms with Gasteiger partial charge in [0.2, 0.25) is 5.91 Å². The molecule has 1 amide bonds. The lowest BCUT2D eigenvalue weighted by atomic mass is 9.95. The van der Waals surface area contributed by atoms with E-state index in [2.05, 4.69) is 0 Å². The lowest BCUT2D eigenvalue weighted by Gasteiger charge is -2.31. The fourth-order valence-electron chi connectivity index (χ4n) is 2.35. The summed E-state index contributed by atoms with van der Waals surface area (Å²) in [5, 5.41) is 0. The molecule has 0 spiro atoms. The number of amides is 1. The normalized spacial score (nSPS) is 17.8. The topological polar surface area (TPSA) is 46.6 Å². The molecule has 1 aliphatic carbocycles. The average molecular weight is 255 g/mol. The van der Waals surface area contributed by atoms with E-state index in [1.807, 2.05) is 20.8 Å². The molecule has 4 nitrogen and oxygen atoms in total. The molecule has 1 rings (SSSR count). The molecule has 0 aliphatic heterocycles. The largest absolute Gasteiger partial charge is 0.468 e. The van der Waals surface area contributed by atoms with Gasteiger partial charge in [0, 0.05) is 12.0 Å². The summed E-state index contributed by atoms with van der Waals surface area (Å²) in [6.07, 6.45) is 4.30. The van der Waals surface area contributed by atoms with Gasteiger partial charge in [0.25, 0.3) is 0 Å². The third kappa shape index (κ3) is 3.72. The van der Waals surface area contributed by atoms with Crippen LogP contribution >= 0.6 is 0 Å². The molecule has 18 heavy (non-hydrogen) atoms. The zero-order valence-electron chi connectivity index (χ0n) is 11.9. The van der Waals surface area contributed by atoms with E-state index < -0.39 is 0 Å². The Kier molecular flexibility index (Phi) is 5.63. The summed E-state index contributed by atoms with van der Waals surface area (Å²) in [6.45, 7) is 6.10. The Hall–Kier alpha value is -1.06. The maximum Gasteiger partial charge on any atom is 0.325 e. The van der Waals surface area contributed by atoms with Gasteiger partial charge in [-0.05, 0) is 18.8 Å². The van der Waals surface area contributed by atoms with Crippen molar-refractivity contribution >= 4 is 11.9 Å². The minimum absolute atomic E-state index is 0.0461. The van der Waals surface area contributed by atoms with Gasteiger partial charge in [-0.1, -0.05) is 33.6 Å². The van der Waals surface area contributed by atoms with E-state index in [0.29, 0.717) is 5.92 Å². The van der Waals surface area contributed by atoms with Crippen LogP contribution in [-0.4, -0.2) is 36.5 Å². The molecule has 0 bridgehead atoms. The predicted octanol–water partition coefficient (Wildman–Crippen LogP) is 2.22. The van der Waals surface area contributed by atoms with Crippen molar-refractivity contribution in [3.8, 4) is 0 Å². The molecule has 1 unspecified atom stereocenters. The van der Waals surface area contributed by atoms with Crippen LogP contribution in [0.15, 0.2) is 0 Å². The van der Waals surface area contributed by atoms with Crippen LogP contribution in [0.4, 0.5) is 0 Å². The smallest absolute Gasteiger partial charge is 0.325 e. The molecule has 104 valence electrons. The zero-order valence-corrected chi connectivity index (χ0v) is 11.9. The van der Waals surface area contributed by atoms with Gasteiger partial charge in [0.05, 0.1) is 7.11 Å². The first-order chi connectivity index (χ1) is 8.47. The van der Waals surface area contributed by atoms with Crippen molar-refractivity contribution in [2.45, 2.75) is 52.5 Å². The molecule has 0 radical (unpaired) electrons. The molecule has 0 heterocycles. The van der Waals surface area contributed by atoms with Crippen molar-refractivity contribution in [3.63, 3.8) is 0 Å². The molecule has 0 aromatic heterocycles. The van der Waals surface area contributed by atoms with E-state index >= 15 is 0 Å². The molecule has 0 aromatic rings. The number of esters is 1. The highest BCUT2D eigenvalue weighted by atomic mass is 16.5. The van der Waals surface area contributed by atoms with Crippen molar-refractivity contribution in [3.05, 3.63) is 0 Å². The Morgan fingerprint density at radius 2 is 1.78 bits per heavy atom. The van der Waals surface area contributed by atoms with Gasteiger partial charge in [-0.2, -0.15) is 0 Å². The number of ether oxygens (including phenoxy) is 1. The minimum Gasteiger partial charge on any atom is -0.468 e. The maximum atomic E-state index is 12.4. The molecule has 0 saturated heterocycles. The molecule has 1 atom stereocenters. The summed E-state index contributed by atoms with van der Waals surface area (Å²) < 4.78 is 4.70. The van der Waals surface area contributed by atoms with E-state index in [4.69, 9.17) is 4.74 Å². The van der Waals surface area contributed by atoms with Crippen molar-refractivity contribution in [1.82, 2.24) is 4.90 Å². The summed E-state index contributed by atoms with van der Waals surface area (Å²) in [5.41, 5.74) is 0. The van der Waals surface area contributed by atoms with E-state index in [1.165, 1.54) is 7.11 Å². The Morgan fingerprint density at radius 1 is 1.22 bits per heavy atom. The van der Waals surface area contributed by atoms with Gasteiger partial charge in [0.15, 0.2) is 0 Å². The predicted molar refractivity (Wildman–Crippen MR) is 70.0 cm³/mol. The molecular weight excluding hydrogens is 230 g/mol. The lowest BCUT2D eigenvalue weighted by molar-refractivity contribution is -0.150. The van der Waals surface area contributed by atoms with Crippen LogP contribution in [0, 0.1) is 11.8 Å². The van der Waals surface area contributed by atoms with Crippen molar-refractivity contribution in [1.29, 1.82) is 0 Å². The first kappa shape index (κ1) is 15.0. The van der Waals surface area contributed by atoms with Crippen LogP contribution in [0.5, 0.6) is 0 Å². The molecule has 1 aliphatic rings. The first-order valence-corrected chi connectivity index (χ1v) is 6.84. The highest BCUT2D eigenvalue weighted by molar-refractivity contribution is 5.84. The number of carbonyl (C=O) groups is 2. The Morgan fingerprint density at radius 3 is 2.22 bits per heavy atom. The van der Waals surface area contributed by atoms with Gasteiger partial charge in [-0.25, -0.2) is 0 Å². The number of hydrogen-bond acceptors (Lipinski definition) is 3. The molecule has 0 N–H and O–H groups in total. The highest BCUT2D eigenvalue weighted by Crippen LogP contribution is 2.26. The second-order valence-electron chi connectivity index (χ2n) is 5.51. The summed E-state index contributed by atoms with van der Waals surface area (Å²) in [5.74, 6) is 0.00260. The van der Waals surface area contributed by atoms with Crippen LogP contribution in [0.2, 0.25) is 0 Å². The van der Waals surface area contributed by atoms with E-state index in [1.54, 1.807) is 4.90 Å². The van der Waals surface area contributed by atoms with E-state index in [9.17, 15) is 9.59 Å². The average Bonchev–Trinajstić information content (AvgIpc) is 2.87. The standard InChI is InChI=1S/C14H25NO3/c1-10(2)11(3)14(17)15(9-13(16)18-4)12-7-5-6-8-12/h10-12H,5-9H2,1-4H3. The third-order valence-electron chi connectivity index (χ3n) is 3.97.